The van der Waals surface area contributed by atoms with Crippen LogP contribution in [0.25, 0.3) is 0 Å². The zero-order valence-corrected chi connectivity index (χ0v) is 11.3. The van der Waals surface area contributed by atoms with E-state index in [9.17, 15) is 9.59 Å². The SMILES string of the molecule is Cc1ccccc1.N=C=O.N=C=O.O=C(O)CCC(=O)O. The van der Waals surface area contributed by atoms with Crippen LogP contribution in [0.5, 0.6) is 0 Å². The molecule has 0 atom stereocenters. The van der Waals surface area contributed by atoms with Gasteiger partial charge in [0.1, 0.15) is 0 Å². The van der Waals surface area contributed by atoms with Gasteiger partial charge in [0.05, 0.1) is 12.8 Å². The van der Waals surface area contributed by atoms with Crippen LogP contribution in [0.1, 0.15) is 18.4 Å². The molecule has 0 aliphatic rings. The number of nitrogens with one attached hydrogen (secondary N) is 2. The first-order valence-corrected chi connectivity index (χ1v) is 5.38. The van der Waals surface area contributed by atoms with Crippen molar-refractivity contribution in [2.75, 3.05) is 0 Å². The van der Waals surface area contributed by atoms with Crippen molar-refractivity contribution >= 4 is 24.1 Å². The number of benzene rings is 1. The fourth-order valence-corrected chi connectivity index (χ4v) is 0.748. The maximum atomic E-state index is 9.64. The number of carboxylic acids is 2. The molecule has 1 rings (SSSR count). The second-order valence-electron chi connectivity index (χ2n) is 3.15. The molecule has 8 nitrogen and oxygen atoms in total. The molecule has 0 fully saturated rings. The lowest BCUT2D eigenvalue weighted by molar-refractivity contribution is -0.143. The summed E-state index contributed by atoms with van der Waals surface area (Å²) in [6, 6.07) is 10.3. The van der Waals surface area contributed by atoms with Crippen LogP contribution in [0.4, 0.5) is 0 Å². The summed E-state index contributed by atoms with van der Waals surface area (Å²) in [7, 11) is 0. The van der Waals surface area contributed by atoms with E-state index in [4.69, 9.17) is 30.6 Å². The number of rotatable bonds is 3. The van der Waals surface area contributed by atoms with Crippen molar-refractivity contribution in [3.05, 3.63) is 35.9 Å². The van der Waals surface area contributed by atoms with Gasteiger partial charge >= 0.3 is 11.9 Å². The van der Waals surface area contributed by atoms with Gasteiger partial charge < -0.3 is 10.2 Å². The third kappa shape index (κ3) is 38.3. The van der Waals surface area contributed by atoms with E-state index in [0.717, 1.165) is 12.2 Å². The van der Waals surface area contributed by atoms with Crippen LogP contribution < -0.4 is 0 Å². The first-order valence-electron chi connectivity index (χ1n) is 5.38. The first kappa shape index (κ1) is 23.0. The molecular formula is C13H16N2O6. The van der Waals surface area contributed by atoms with E-state index in [1.54, 1.807) is 0 Å². The predicted molar refractivity (Wildman–Crippen MR) is 72.5 cm³/mol. The van der Waals surface area contributed by atoms with Crippen molar-refractivity contribution in [2.45, 2.75) is 19.8 Å². The largest absolute Gasteiger partial charge is 0.481 e. The molecule has 0 saturated heterocycles. The van der Waals surface area contributed by atoms with E-state index < -0.39 is 11.9 Å². The molecule has 1 aromatic rings. The van der Waals surface area contributed by atoms with Gasteiger partial charge in [0.2, 0.25) is 12.2 Å². The van der Waals surface area contributed by atoms with Gasteiger partial charge in [-0.25, -0.2) is 20.4 Å². The predicted octanol–water partition coefficient (Wildman–Crippen LogP) is 1.73. The van der Waals surface area contributed by atoms with Gasteiger partial charge in [-0.05, 0) is 6.92 Å². The summed E-state index contributed by atoms with van der Waals surface area (Å²) in [6.45, 7) is 2.08. The zero-order chi connectivity index (χ0) is 17.1. The summed E-state index contributed by atoms with van der Waals surface area (Å²) >= 11 is 0. The van der Waals surface area contributed by atoms with E-state index in [1.807, 2.05) is 18.2 Å². The molecule has 0 unspecified atom stereocenters. The summed E-state index contributed by atoms with van der Waals surface area (Å²) in [5.74, 6) is -2.15. The minimum atomic E-state index is -1.08. The van der Waals surface area contributed by atoms with Crippen LogP contribution in [0.2, 0.25) is 0 Å². The fourth-order valence-electron chi connectivity index (χ4n) is 0.748. The van der Waals surface area contributed by atoms with Gasteiger partial charge in [0.15, 0.2) is 0 Å². The summed E-state index contributed by atoms with van der Waals surface area (Å²) in [5.41, 5.74) is 1.32. The van der Waals surface area contributed by atoms with Crippen LogP contribution in [0.15, 0.2) is 30.3 Å². The first-order chi connectivity index (χ1) is 9.85. The Hall–Kier alpha value is -3.08. The van der Waals surface area contributed by atoms with Crippen LogP contribution in [0.3, 0.4) is 0 Å². The van der Waals surface area contributed by atoms with Crippen molar-refractivity contribution in [2.24, 2.45) is 0 Å². The van der Waals surface area contributed by atoms with E-state index in [-0.39, 0.29) is 12.8 Å². The van der Waals surface area contributed by atoms with Crippen LogP contribution >= 0.6 is 0 Å². The normalized spacial score (nSPS) is 6.90. The lowest BCUT2D eigenvalue weighted by Gasteiger charge is -1.85. The van der Waals surface area contributed by atoms with Gasteiger partial charge in [-0.15, -0.1) is 0 Å². The highest BCUT2D eigenvalue weighted by molar-refractivity contribution is 5.75. The number of carbonyl (C=O) groups excluding carboxylic acids is 2. The molecule has 0 saturated carbocycles. The third-order valence-corrected chi connectivity index (χ3v) is 1.49. The highest BCUT2D eigenvalue weighted by atomic mass is 16.4. The van der Waals surface area contributed by atoms with Gasteiger partial charge in [-0.2, -0.15) is 0 Å². The Balaban J connectivity index is -0.000000227. The van der Waals surface area contributed by atoms with Crippen LogP contribution in [-0.2, 0) is 19.2 Å². The van der Waals surface area contributed by atoms with Gasteiger partial charge in [0.25, 0.3) is 0 Å². The number of carboxylic acid groups (broad SMARTS) is 2. The van der Waals surface area contributed by atoms with Crippen molar-refractivity contribution in [1.29, 1.82) is 10.8 Å². The van der Waals surface area contributed by atoms with Gasteiger partial charge in [-0.3, -0.25) is 9.59 Å². The maximum absolute atomic E-state index is 9.64. The Kier molecular flexibility index (Phi) is 21.1. The number of isocyanates is 2. The summed E-state index contributed by atoms with van der Waals surface area (Å²) in [5, 5.41) is 26.6. The number of hydrogen-bond acceptors (Lipinski definition) is 6. The lowest BCUT2D eigenvalue weighted by Crippen LogP contribution is -2.00. The average Bonchev–Trinajstić information content (AvgIpc) is 2.40. The summed E-state index contributed by atoms with van der Waals surface area (Å²) < 4.78 is 0. The Morgan fingerprint density at radius 1 is 0.952 bits per heavy atom. The van der Waals surface area contributed by atoms with Crippen molar-refractivity contribution in [3.8, 4) is 0 Å². The third-order valence-electron chi connectivity index (χ3n) is 1.49. The topological polar surface area (TPSA) is 156 Å². The molecule has 21 heavy (non-hydrogen) atoms. The molecule has 0 amide bonds. The Morgan fingerprint density at radius 2 is 1.24 bits per heavy atom. The smallest absolute Gasteiger partial charge is 0.303 e. The summed E-state index contributed by atoms with van der Waals surface area (Å²) in [6.07, 6.45) is 0.907. The molecule has 1 aromatic carbocycles. The summed E-state index contributed by atoms with van der Waals surface area (Å²) in [4.78, 5) is 36.0. The van der Waals surface area contributed by atoms with Gasteiger partial charge in [-0.1, -0.05) is 35.9 Å². The molecule has 0 radical (unpaired) electrons. The van der Waals surface area contributed by atoms with E-state index in [1.165, 1.54) is 5.56 Å². The Labute approximate surface area is 121 Å². The molecule has 0 bridgehead atoms. The quantitative estimate of drug-likeness (QED) is 0.491. The molecule has 0 aliphatic carbocycles. The van der Waals surface area contributed by atoms with Crippen LogP contribution in [-0.4, -0.2) is 34.3 Å². The molecule has 8 heteroatoms. The number of aliphatic carboxylic acids is 2. The lowest BCUT2D eigenvalue weighted by atomic mass is 10.2. The second kappa shape index (κ2) is 19.3. The fraction of sp³-hybridized carbons (Fsp3) is 0.231. The minimum Gasteiger partial charge on any atom is -0.481 e. The molecule has 0 aromatic heterocycles. The standard InChI is InChI=1S/C7H8.C4H6O4.2CHNO/c1-7-5-3-2-4-6-7;5-3(6)1-2-4(7)8;2*2-1-3/h2-6H,1H3;1-2H2,(H,5,6)(H,7,8);2*2H. The monoisotopic (exact) mass is 296 g/mol. The maximum Gasteiger partial charge on any atom is 0.303 e. The van der Waals surface area contributed by atoms with Crippen molar-refractivity contribution in [3.63, 3.8) is 0 Å². The number of carbonyl (C=O) groups is 2. The van der Waals surface area contributed by atoms with Crippen LogP contribution in [0, 0.1) is 17.7 Å². The molecule has 0 aliphatic heterocycles. The van der Waals surface area contributed by atoms with Crippen molar-refractivity contribution in [1.82, 2.24) is 0 Å². The number of hydrogen-bond donors (Lipinski definition) is 4. The molecule has 4 N–H and O–H groups in total. The Bertz CT molecular complexity index is 435. The average molecular weight is 296 g/mol. The van der Waals surface area contributed by atoms with Gasteiger partial charge in [0, 0.05) is 0 Å². The minimum absolute atomic E-state index is 0.296. The van der Waals surface area contributed by atoms with E-state index in [2.05, 4.69) is 19.1 Å². The molecule has 0 spiro atoms. The molecule has 0 heterocycles. The van der Waals surface area contributed by atoms with E-state index >= 15 is 0 Å². The molecular weight excluding hydrogens is 280 g/mol. The van der Waals surface area contributed by atoms with Crippen molar-refractivity contribution < 1.29 is 29.4 Å². The highest BCUT2D eigenvalue weighted by Gasteiger charge is 2.00. The number of aryl methyl sites for hydroxylation is 1. The van der Waals surface area contributed by atoms with E-state index in [0.29, 0.717) is 0 Å². The second-order valence-corrected chi connectivity index (χ2v) is 3.15. The highest BCUT2D eigenvalue weighted by Crippen LogP contribution is 1.92. The molecule has 114 valence electrons. The Morgan fingerprint density at radius 3 is 1.38 bits per heavy atom. The zero-order valence-electron chi connectivity index (χ0n) is 11.3.